The van der Waals surface area contributed by atoms with E-state index < -0.39 is 12.2 Å². The zero-order valence-electron chi connectivity index (χ0n) is 9.38. The van der Waals surface area contributed by atoms with E-state index >= 15 is 0 Å². The van der Waals surface area contributed by atoms with Gasteiger partial charge in [-0.2, -0.15) is 0 Å². The summed E-state index contributed by atoms with van der Waals surface area (Å²) in [5.74, 6) is 0.681. The van der Waals surface area contributed by atoms with E-state index in [0.717, 1.165) is 28.7 Å². The van der Waals surface area contributed by atoms with Gasteiger partial charge >= 0.3 is 0 Å². The van der Waals surface area contributed by atoms with Crippen LogP contribution in [0.15, 0.2) is 47.6 Å². The Bertz CT molecular complexity index is 509. The third-order valence-corrected chi connectivity index (χ3v) is 4.39. The number of rotatable bonds is 0. The summed E-state index contributed by atoms with van der Waals surface area (Å²) in [6, 6.07) is 7.68. The summed E-state index contributed by atoms with van der Waals surface area (Å²) < 4.78 is 0. The molecule has 0 fully saturated rings. The lowest BCUT2D eigenvalue weighted by Gasteiger charge is -2.32. The van der Waals surface area contributed by atoms with Crippen LogP contribution in [0.4, 0.5) is 0 Å². The second kappa shape index (κ2) is 3.09. The largest absolute Gasteiger partial charge is 0.384 e. The quantitative estimate of drug-likeness (QED) is 0.666. The molecule has 86 valence electrons. The van der Waals surface area contributed by atoms with Crippen molar-refractivity contribution in [3.63, 3.8) is 0 Å². The van der Waals surface area contributed by atoms with Gasteiger partial charge in [0.2, 0.25) is 0 Å². The molecule has 0 radical (unpaired) electrons. The van der Waals surface area contributed by atoms with Gasteiger partial charge in [-0.05, 0) is 28.7 Å². The summed E-state index contributed by atoms with van der Waals surface area (Å²) in [5, 5.41) is 20.9. The highest BCUT2D eigenvalue weighted by molar-refractivity contribution is 5.53. The average Bonchev–Trinajstić information content (AvgIpc) is 2.96. The second-order valence-electron chi connectivity index (χ2n) is 5.18. The second-order valence-corrected chi connectivity index (χ2v) is 5.18. The molecule has 2 N–H and O–H groups in total. The number of aliphatic hydroxyl groups is 2. The highest BCUT2D eigenvalue weighted by atomic mass is 16.3. The highest BCUT2D eigenvalue weighted by Gasteiger charge is 2.45. The maximum absolute atomic E-state index is 10.5. The number of allylic oxidation sites excluding steroid dienone is 2. The zero-order chi connectivity index (χ0) is 11.6. The Morgan fingerprint density at radius 1 is 0.824 bits per heavy atom. The Morgan fingerprint density at radius 2 is 1.29 bits per heavy atom. The van der Waals surface area contributed by atoms with Crippen LogP contribution in [0, 0.1) is 11.8 Å². The van der Waals surface area contributed by atoms with Crippen molar-refractivity contribution in [2.45, 2.75) is 18.6 Å². The first-order valence-electron chi connectivity index (χ1n) is 6.14. The van der Waals surface area contributed by atoms with Crippen molar-refractivity contribution in [3.05, 3.63) is 58.7 Å². The Morgan fingerprint density at radius 3 is 1.76 bits per heavy atom. The molecule has 4 rings (SSSR count). The van der Waals surface area contributed by atoms with Gasteiger partial charge in [0.1, 0.15) is 12.2 Å². The molecule has 2 heteroatoms. The minimum absolute atomic E-state index is 0.341. The van der Waals surface area contributed by atoms with Gasteiger partial charge in [0, 0.05) is 11.8 Å². The molecule has 0 aromatic heterocycles. The van der Waals surface area contributed by atoms with Crippen molar-refractivity contribution in [3.8, 4) is 0 Å². The minimum atomic E-state index is -0.524. The highest BCUT2D eigenvalue weighted by Crippen LogP contribution is 2.55. The van der Waals surface area contributed by atoms with Gasteiger partial charge in [-0.15, -0.1) is 0 Å². The lowest BCUT2D eigenvalue weighted by Crippen LogP contribution is -2.21. The molecule has 0 amide bonds. The van der Waals surface area contributed by atoms with Crippen molar-refractivity contribution < 1.29 is 10.2 Å². The first-order chi connectivity index (χ1) is 8.27. The predicted molar refractivity (Wildman–Crippen MR) is 64.1 cm³/mol. The summed E-state index contributed by atoms with van der Waals surface area (Å²) in [5.41, 5.74) is 3.87. The van der Waals surface area contributed by atoms with E-state index in [1.165, 1.54) is 0 Å². The van der Waals surface area contributed by atoms with Crippen LogP contribution in [0.3, 0.4) is 0 Å². The molecule has 0 saturated carbocycles. The third kappa shape index (κ3) is 1.07. The van der Waals surface area contributed by atoms with E-state index in [-0.39, 0.29) is 0 Å². The molecule has 1 aromatic carbocycles. The van der Waals surface area contributed by atoms with Gasteiger partial charge in [0.15, 0.2) is 0 Å². The molecule has 17 heavy (non-hydrogen) atoms. The van der Waals surface area contributed by atoms with Crippen molar-refractivity contribution in [2.24, 2.45) is 11.8 Å². The number of benzene rings is 1. The molecule has 1 aromatic rings. The van der Waals surface area contributed by atoms with E-state index in [2.05, 4.69) is 12.2 Å². The normalized spacial score (nSPS) is 37.3. The Labute approximate surface area is 99.9 Å². The molecular weight excluding hydrogens is 212 g/mol. The summed E-state index contributed by atoms with van der Waals surface area (Å²) in [6.07, 6.45) is 4.34. The monoisotopic (exact) mass is 226 g/mol. The standard InChI is InChI=1S/C15H14O2/c16-14-10-3-1-2-4-11(10)15(17)13-9-6-5-8(7-9)12(13)14/h1-6,8-9,14-17H,7H2/t8?,9?,14-,15+. The molecular formula is C15H14O2. The third-order valence-electron chi connectivity index (χ3n) is 4.39. The first-order valence-corrected chi connectivity index (χ1v) is 6.14. The van der Waals surface area contributed by atoms with Gasteiger partial charge in [0.25, 0.3) is 0 Å². The number of hydrogen-bond donors (Lipinski definition) is 2. The molecule has 0 heterocycles. The molecule has 2 nitrogen and oxygen atoms in total. The SMILES string of the molecule is O[C@@H]1C2=C(C3C=CC2C3)[C@H](O)c2ccccc21. The van der Waals surface area contributed by atoms with Crippen molar-refractivity contribution >= 4 is 0 Å². The van der Waals surface area contributed by atoms with E-state index in [1.54, 1.807) is 0 Å². The van der Waals surface area contributed by atoms with Crippen LogP contribution in [0.2, 0.25) is 0 Å². The molecule has 0 aliphatic heterocycles. The Hall–Kier alpha value is -1.38. The molecule has 4 atom stereocenters. The molecule has 0 saturated heterocycles. The summed E-state index contributed by atoms with van der Waals surface area (Å²) in [7, 11) is 0. The van der Waals surface area contributed by atoms with E-state index in [4.69, 9.17) is 0 Å². The smallest absolute Gasteiger partial charge is 0.101 e. The fourth-order valence-corrected chi connectivity index (χ4v) is 3.65. The topological polar surface area (TPSA) is 40.5 Å². The fourth-order valence-electron chi connectivity index (χ4n) is 3.65. The van der Waals surface area contributed by atoms with E-state index in [1.807, 2.05) is 24.3 Å². The minimum Gasteiger partial charge on any atom is -0.384 e. The van der Waals surface area contributed by atoms with Crippen LogP contribution >= 0.6 is 0 Å². The number of fused-ring (bicyclic) bond motifs is 5. The lowest BCUT2D eigenvalue weighted by atomic mass is 9.78. The van der Waals surface area contributed by atoms with Gasteiger partial charge in [-0.1, -0.05) is 36.4 Å². The van der Waals surface area contributed by atoms with E-state index in [9.17, 15) is 10.2 Å². The van der Waals surface area contributed by atoms with Gasteiger partial charge in [-0.3, -0.25) is 0 Å². The molecule has 3 aliphatic carbocycles. The maximum atomic E-state index is 10.5. The Balaban J connectivity index is 1.93. The van der Waals surface area contributed by atoms with Crippen LogP contribution in [0.25, 0.3) is 0 Å². The van der Waals surface area contributed by atoms with Crippen molar-refractivity contribution in [1.29, 1.82) is 0 Å². The molecule has 0 spiro atoms. The van der Waals surface area contributed by atoms with Gasteiger partial charge < -0.3 is 10.2 Å². The van der Waals surface area contributed by atoms with Crippen LogP contribution in [-0.2, 0) is 0 Å². The molecule has 2 bridgehead atoms. The Kier molecular flexibility index (Phi) is 1.75. The molecule has 3 aliphatic rings. The predicted octanol–water partition coefficient (Wildman–Crippen LogP) is 2.27. The fraction of sp³-hybridized carbons (Fsp3) is 0.333. The lowest BCUT2D eigenvalue weighted by molar-refractivity contribution is 0.163. The summed E-state index contributed by atoms with van der Waals surface area (Å²) >= 11 is 0. The number of hydrogen-bond acceptors (Lipinski definition) is 2. The van der Waals surface area contributed by atoms with Crippen molar-refractivity contribution in [1.82, 2.24) is 0 Å². The molecule has 2 unspecified atom stereocenters. The van der Waals surface area contributed by atoms with Crippen LogP contribution < -0.4 is 0 Å². The first kappa shape index (κ1) is 9.63. The van der Waals surface area contributed by atoms with Crippen LogP contribution in [-0.4, -0.2) is 10.2 Å². The van der Waals surface area contributed by atoms with Gasteiger partial charge in [-0.25, -0.2) is 0 Å². The summed E-state index contributed by atoms with van der Waals surface area (Å²) in [4.78, 5) is 0. The average molecular weight is 226 g/mol. The summed E-state index contributed by atoms with van der Waals surface area (Å²) in [6.45, 7) is 0. The van der Waals surface area contributed by atoms with Crippen LogP contribution in [0.5, 0.6) is 0 Å². The van der Waals surface area contributed by atoms with Gasteiger partial charge in [0.05, 0.1) is 0 Å². The van der Waals surface area contributed by atoms with Crippen LogP contribution in [0.1, 0.15) is 29.8 Å². The zero-order valence-corrected chi connectivity index (χ0v) is 9.38. The van der Waals surface area contributed by atoms with Crippen molar-refractivity contribution in [2.75, 3.05) is 0 Å². The maximum Gasteiger partial charge on any atom is 0.101 e. The number of aliphatic hydroxyl groups excluding tert-OH is 2. The van der Waals surface area contributed by atoms with E-state index in [0.29, 0.717) is 11.8 Å².